The fraction of sp³-hybridized carbons (Fsp3) is 0.250. The summed E-state index contributed by atoms with van der Waals surface area (Å²) in [6.07, 6.45) is -9.50. The molecule has 0 saturated carbocycles. The van der Waals surface area contributed by atoms with Crippen molar-refractivity contribution in [3.63, 3.8) is 0 Å². The lowest BCUT2D eigenvalue weighted by molar-refractivity contribution is -0.154. The zero-order valence-electron chi connectivity index (χ0n) is 14.9. The Balaban J connectivity index is 2.17. The van der Waals surface area contributed by atoms with Crippen molar-refractivity contribution < 1.29 is 40.6 Å². The minimum absolute atomic E-state index is 0.0296. The molecule has 0 unspecified atom stereocenters. The van der Waals surface area contributed by atoms with E-state index in [1.807, 2.05) is 5.32 Å². The number of benzene rings is 1. The Morgan fingerprint density at radius 1 is 1.00 bits per heavy atom. The van der Waals surface area contributed by atoms with Gasteiger partial charge in [-0.05, 0) is 18.2 Å². The van der Waals surface area contributed by atoms with E-state index in [4.69, 9.17) is 16.9 Å². The number of hydrogen-bond donors (Lipinski definition) is 2. The fourth-order valence-corrected chi connectivity index (χ4v) is 2.09. The lowest BCUT2D eigenvalue weighted by atomic mass is 10.2. The van der Waals surface area contributed by atoms with Crippen LogP contribution in [0.5, 0.6) is 11.8 Å². The number of nitrogens with zero attached hydrogens (tertiary/aromatic N) is 3. The van der Waals surface area contributed by atoms with E-state index in [9.17, 15) is 31.1 Å². The summed E-state index contributed by atoms with van der Waals surface area (Å²) in [4.78, 5) is 19.0. The van der Waals surface area contributed by atoms with Gasteiger partial charge in [-0.15, -0.1) is 0 Å². The zero-order valence-corrected chi connectivity index (χ0v) is 15.7. The first-order chi connectivity index (χ1) is 14.3. The number of alkyl halides is 6. The highest BCUT2D eigenvalue weighted by atomic mass is 35.5. The van der Waals surface area contributed by atoms with Crippen molar-refractivity contribution in [2.24, 2.45) is 0 Å². The van der Waals surface area contributed by atoms with Crippen LogP contribution in [0.25, 0.3) is 0 Å². The van der Waals surface area contributed by atoms with Crippen LogP contribution in [0.3, 0.4) is 0 Å². The molecule has 8 nitrogen and oxygen atoms in total. The van der Waals surface area contributed by atoms with Crippen molar-refractivity contribution in [1.29, 1.82) is 5.26 Å². The highest BCUT2D eigenvalue weighted by Crippen LogP contribution is 2.24. The smallest absolute Gasteiger partial charge is 0.422 e. The Morgan fingerprint density at radius 3 is 2.00 bits per heavy atom. The van der Waals surface area contributed by atoms with Crippen LogP contribution in [-0.2, 0) is 0 Å². The van der Waals surface area contributed by atoms with E-state index in [1.165, 1.54) is 18.2 Å². The van der Waals surface area contributed by atoms with Crippen molar-refractivity contribution in [3.8, 4) is 17.8 Å². The largest absolute Gasteiger partial charge is 0.468 e. The molecule has 1 aromatic heterocycles. The molecule has 2 rings (SSSR count). The molecule has 0 fully saturated rings. The van der Waals surface area contributed by atoms with Crippen molar-refractivity contribution in [3.05, 3.63) is 34.9 Å². The number of amides is 2. The Labute approximate surface area is 174 Å². The van der Waals surface area contributed by atoms with Gasteiger partial charge in [-0.3, -0.25) is 5.32 Å². The highest BCUT2D eigenvalue weighted by molar-refractivity contribution is 6.32. The first-order valence-corrected chi connectivity index (χ1v) is 8.28. The van der Waals surface area contributed by atoms with Gasteiger partial charge < -0.3 is 14.8 Å². The molecule has 1 heterocycles. The van der Waals surface area contributed by atoms with Gasteiger partial charge in [-0.2, -0.15) is 41.6 Å². The molecule has 0 aliphatic carbocycles. The van der Waals surface area contributed by atoms with Crippen LogP contribution >= 0.6 is 11.6 Å². The zero-order chi connectivity index (χ0) is 23.2. The van der Waals surface area contributed by atoms with Crippen LogP contribution in [0.4, 0.5) is 42.8 Å². The molecule has 15 heteroatoms. The average Bonchev–Trinajstić information content (AvgIpc) is 2.63. The molecule has 2 N–H and O–H groups in total. The average molecular weight is 470 g/mol. The van der Waals surface area contributed by atoms with Crippen LogP contribution in [0.1, 0.15) is 5.56 Å². The van der Waals surface area contributed by atoms with Crippen LogP contribution in [0.15, 0.2) is 24.3 Å². The summed E-state index contributed by atoms with van der Waals surface area (Å²) in [5, 5.41) is 13.1. The first-order valence-electron chi connectivity index (χ1n) is 7.90. The van der Waals surface area contributed by atoms with E-state index in [0.717, 1.165) is 0 Å². The Morgan fingerprint density at radius 2 is 1.55 bits per heavy atom. The molecule has 0 aliphatic heterocycles. The van der Waals surface area contributed by atoms with Gasteiger partial charge in [0, 0.05) is 5.69 Å². The van der Waals surface area contributed by atoms with Gasteiger partial charge in [0.1, 0.15) is 6.07 Å². The maximum atomic E-state index is 12.3. The third kappa shape index (κ3) is 8.42. The van der Waals surface area contributed by atoms with E-state index in [-0.39, 0.29) is 16.3 Å². The maximum absolute atomic E-state index is 12.3. The van der Waals surface area contributed by atoms with E-state index in [1.54, 1.807) is 6.07 Å². The third-order valence-corrected chi connectivity index (χ3v) is 3.33. The summed E-state index contributed by atoms with van der Waals surface area (Å²) in [5.74, 6) is -2.28. The Bertz CT molecular complexity index is 957. The standard InChI is InChI=1S/C16H10ClF6N5O3/c17-10-3-9(2-1-8(10)5-24)25-14(29)28-13-26-11(30-6-15(18,19)20)4-12(27-13)31-7-16(21,22)23/h1-4H,6-7H2,(H2,25,26,27,28,29). The second kappa shape index (κ2) is 9.56. The lowest BCUT2D eigenvalue weighted by Crippen LogP contribution is -2.23. The van der Waals surface area contributed by atoms with E-state index in [0.29, 0.717) is 6.07 Å². The predicted molar refractivity (Wildman–Crippen MR) is 93.9 cm³/mol. The number of aromatic nitrogens is 2. The predicted octanol–water partition coefficient (Wildman–Crippen LogP) is 4.53. The van der Waals surface area contributed by atoms with Gasteiger partial charge in [0.25, 0.3) is 0 Å². The molecule has 0 aliphatic rings. The molecule has 2 amide bonds. The topological polar surface area (TPSA) is 109 Å². The molecule has 31 heavy (non-hydrogen) atoms. The van der Waals surface area contributed by atoms with E-state index < -0.39 is 49.3 Å². The van der Waals surface area contributed by atoms with Crippen molar-refractivity contribution in [1.82, 2.24) is 9.97 Å². The normalized spacial score (nSPS) is 11.4. The minimum atomic E-state index is -4.75. The number of carbonyl (C=O) groups is 1. The lowest BCUT2D eigenvalue weighted by Gasteiger charge is -2.13. The molecular formula is C16H10ClF6N5O3. The number of anilines is 2. The molecule has 0 radical (unpaired) electrons. The molecule has 2 aromatic rings. The van der Waals surface area contributed by atoms with Gasteiger partial charge in [0.2, 0.25) is 17.7 Å². The molecular weight excluding hydrogens is 460 g/mol. The molecule has 166 valence electrons. The number of hydrogen-bond acceptors (Lipinski definition) is 6. The molecule has 0 saturated heterocycles. The monoisotopic (exact) mass is 469 g/mol. The van der Waals surface area contributed by atoms with Gasteiger partial charge >= 0.3 is 18.4 Å². The molecule has 1 aromatic carbocycles. The highest BCUT2D eigenvalue weighted by Gasteiger charge is 2.30. The van der Waals surface area contributed by atoms with E-state index in [2.05, 4.69) is 24.8 Å². The van der Waals surface area contributed by atoms with Crippen molar-refractivity contribution >= 4 is 29.3 Å². The summed E-state index contributed by atoms with van der Waals surface area (Å²) >= 11 is 5.82. The number of carbonyl (C=O) groups excluding carboxylic acids is 1. The number of ether oxygens (including phenoxy) is 2. The second-order valence-corrected chi connectivity index (χ2v) is 5.97. The third-order valence-electron chi connectivity index (χ3n) is 3.02. The number of nitriles is 1. The quantitative estimate of drug-likeness (QED) is 0.602. The van der Waals surface area contributed by atoms with Crippen LogP contribution < -0.4 is 20.1 Å². The molecule has 0 spiro atoms. The fourth-order valence-electron chi connectivity index (χ4n) is 1.87. The first kappa shape index (κ1) is 23.8. The second-order valence-electron chi connectivity index (χ2n) is 5.56. The summed E-state index contributed by atoms with van der Waals surface area (Å²) in [6.45, 7) is -3.59. The molecule has 0 atom stereocenters. The summed E-state index contributed by atoms with van der Waals surface area (Å²) in [5.41, 5.74) is 0.261. The van der Waals surface area contributed by atoms with Crippen LogP contribution in [-0.4, -0.2) is 41.6 Å². The minimum Gasteiger partial charge on any atom is -0.468 e. The Kier molecular flexibility index (Phi) is 7.34. The Hall–Kier alpha value is -3.47. The number of nitrogens with one attached hydrogen (secondary N) is 2. The number of halogens is 7. The van der Waals surface area contributed by atoms with Gasteiger partial charge in [-0.1, -0.05) is 11.6 Å². The van der Waals surface area contributed by atoms with Crippen molar-refractivity contribution in [2.75, 3.05) is 23.8 Å². The number of urea groups is 1. The molecule has 0 bridgehead atoms. The summed E-state index contributed by atoms with van der Waals surface area (Å²) < 4.78 is 82.7. The summed E-state index contributed by atoms with van der Waals surface area (Å²) in [7, 11) is 0. The SMILES string of the molecule is N#Cc1ccc(NC(=O)Nc2nc(OCC(F)(F)F)cc(OCC(F)(F)F)n2)cc1Cl. The number of rotatable bonds is 6. The van der Waals surface area contributed by atoms with E-state index >= 15 is 0 Å². The maximum Gasteiger partial charge on any atom is 0.422 e. The van der Waals surface area contributed by atoms with Gasteiger partial charge in [-0.25, -0.2) is 4.79 Å². The summed E-state index contributed by atoms with van der Waals surface area (Å²) in [6, 6.07) is 5.26. The van der Waals surface area contributed by atoms with Gasteiger partial charge in [0.05, 0.1) is 16.7 Å². The van der Waals surface area contributed by atoms with Crippen molar-refractivity contribution in [2.45, 2.75) is 12.4 Å². The van der Waals surface area contributed by atoms with Gasteiger partial charge in [0.15, 0.2) is 13.2 Å². The van der Waals surface area contributed by atoms with Crippen LogP contribution in [0.2, 0.25) is 5.02 Å². The van der Waals surface area contributed by atoms with Crippen LogP contribution in [0, 0.1) is 11.3 Å².